The van der Waals surface area contributed by atoms with Gasteiger partial charge in [0.2, 0.25) is 17.6 Å². The molecule has 0 bridgehead atoms. The van der Waals surface area contributed by atoms with E-state index in [9.17, 15) is 14.5 Å². The van der Waals surface area contributed by atoms with Gasteiger partial charge in [-0.25, -0.2) is 15.0 Å². The van der Waals surface area contributed by atoms with Crippen LogP contribution in [0.15, 0.2) is 33.0 Å². The Morgan fingerprint density at radius 2 is 1.42 bits per heavy atom. The number of guanidine groups is 2. The zero-order valence-electron chi connectivity index (χ0n) is 23.4. The summed E-state index contributed by atoms with van der Waals surface area (Å²) in [6.07, 6.45) is 1.57. The monoisotopic (exact) mass is 526 g/mol. The van der Waals surface area contributed by atoms with E-state index in [2.05, 4.69) is 38.9 Å². The molecule has 1 aromatic heterocycles. The van der Waals surface area contributed by atoms with Crippen molar-refractivity contribution in [2.75, 3.05) is 31.1 Å². The van der Waals surface area contributed by atoms with Crippen LogP contribution in [0.5, 0.6) is 0 Å². The van der Waals surface area contributed by atoms with E-state index in [0.29, 0.717) is 43.1 Å². The molecule has 4 aliphatic rings. The molecule has 4 aliphatic heterocycles. The van der Waals surface area contributed by atoms with Crippen LogP contribution in [0.1, 0.15) is 65.9 Å². The lowest BCUT2D eigenvalue weighted by Gasteiger charge is -2.35. The Bertz CT molecular complexity index is 1240. The Hall–Kier alpha value is -3.77. The van der Waals surface area contributed by atoms with Crippen molar-refractivity contribution >= 4 is 29.6 Å². The second-order valence-electron chi connectivity index (χ2n) is 12.2. The number of carbonyl (C=O) groups excluding carboxylic acids is 2. The highest BCUT2D eigenvalue weighted by Gasteiger charge is 2.46. The van der Waals surface area contributed by atoms with E-state index < -0.39 is 5.91 Å². The van der Waals surface area contributed by atoms with Crippen molar-refractivity contribution in [2.24, 2.45) is 32.7 Å². The molecule has 0 unspecified atom stereocenters. The highest BCUT2D eigenvalue weighted by Crippen LogP contribution is 2.33. The van der Waals surface area contributed by atoms with Crippen LogP contribution < -0.4 is 10.6 Å². The molecule has 206 valence electrons. The van der Waals surface area contributed by atoms with Gasteiger partial charge >= 0.3 is 0 Å². The molecule has 5 rings (SSSR count). The van der Waals surface area contributed by atoms with Gasteiger partial charge in [0.25, 0.3) is 11.8 Å². The summed E-state index contributed by atoms with van der Waals surface area (Å²) in [4.78, 5) is 58.9. The highest BCUT2D eigenvalue weighted by molar-refractivity contribution is 6.18. The number of nitrogens with zero attached hydrogens (tertiary/aromatic N) is 8. The van der Waals surface area contributed by atoms with E-state index in [1.807, 2.05) is 41.5 Å². The molecule has 1 aromatic rings. The van der Waals surface area contributed by atoms with Gasteiger partial charge in [0, 0.05) is 13.1 Å². The lowest BCUT2D eigenvalue weighted by molar-refractivity contribution is -0.124. The minimum Gasteiger partial charge on any atom is -0.383 e. The van der Waals surface area contributed by atoms with Crippen molar-refractivity contribution in [3.05, 3.63) is 28.4 Å². The molecule has 0 aromatic carbocycles. The quantitative estimate of drug-likeness (QED) is 0.558. The number of amides is 2. The largest absolute Gasteiger partial charge is 0.383 e. The number of aliphatic imine (C=N–C) groups is 2. The fraction of sp³-hybridized carbons (Fsp3) is 0.640. The van der Waals surface area contributed by atoms with Crippen molar-refractivity contribution < 1.29 is 9.59 Å². The van der Waals surface area contributed by atoms with E-state index in [1.165, 1.54) is 4.90 Å². The van der Waals surface area contributed by atoms with Gasteiger partial charge in [0.15, 0.2) is 5.69 Å². The van der Waals surface area contributed by atoms with Crippen LogP contribution in [0, 0.1) is 16.7 Å². The molecule has 0 saturated heterocycles. The summed E-state index contributed by atoms with van der Waals surface area (Å²) in [7, 11) is 0. The molecule has 3 N–H and O–H groups in total. The Balaban J connectivity index is 0.000000177. The number of nitrogens with two attached hydrogens (primary N) is 1. The highest BCUT2D eigenvalue weighted by atomic mass is 16.3. The van der Waals surface area contributed by atoms with Crippen LogP contribution in [0.4, 0.5) is 5.82 Å². The molecular formula is C25H38N10O3. The van der Waals surface area contributed by atoms with Crippen molar-refractivity contribution in [3.63, 3.8) is 0 Å². The first-order chi connectivity index (χ1) is 17.7. The number of fused-ring (bicyclic) bond motifs is 3. The van der Waals surface area contributed by atoms with Gasteiger partial charge in [-0.1, -0.05) is 27.7 Å². The maximum atomic E-state index is 12.4. The van der Waals surface area contributed by atoms with E-state index in [4.69, 9.17) is 10.7 Å². The van der Waals surface area contributed by atoms with Gasteiger partial charge in [0.1, 0.15) is 11.6 Å². The lowest BCUT2D eigenvalue weighted by atomic mass is 10.1. The van der Waals surface area contributed by atoms with E-state index in [1.54, 1.807) is 16.1 Å². The normalized spacial score (nSPS) is 21.3. The predicted octanol–water partition coefficient (Wildman–Crippen LogP) is 2.31. The zero-order valence-corrected chi connectivity index (χ0v) is 23.4. The van der Waals surface area contributed by atoms with Crippen LogP contribution in [-0.4, -0.2) is 85.7 Å². The van der Waals surface area contributed by atoms with Crippen molar-refractivity contribution in [3.8, 4) is 0 Å². The summed E-state index contributed by atoms with van der Waals surface area (Å²) in [6.45, 7) is 18.8. The van der Waals surface area contributed by atoms with Gasteiger partial charge in [-0.3, -0.25) is 29.2 Å². The Labute approximate surface area is 222 Å². The summed E-state index contributed by atoms with van der Waals surface area (Å²) in [6, 6.07) is 0. The number of hydrogen-bond acceptors (Lipinski definition) is 10. The van der Waals surface area contributed by atoms with Crippen LogP contribution in [0.25, 0.3) is 0 Å². The van der Waals surface area contributed by atoms with Crippen molar-refractivity contribution in [2.45, 2.75) is 66.5 Å². The molecule has 5 heterocycles. The van der Waals surface area contributed by atoms with Crippen LogP contribution in [-0.2, 0) is 4.79 Å². The number of nitrogens with one attached hydrogen (secondary N) is 1. The molecule has 0 atom stereocenters. The summed E-state index contributed by atoms with van der Waals surface area (Å²) in [5.74, 6) is 2.41. The third-order valence-corrected chi connectivity index (χ3v) is 6.37. The number of hydrogen-bond donors (Lipinski definition) is 2. The van der Waals surface area contributed by atoms with E-state index in [-0.39, 0.29) is 28.5 Å². The Morgan fingerprint density at radius 3 is 1.95 bits per heavy atom. The number of rotatable bonds is 5. The van der Waals surface area contributed by atoms with Crippen molar-refractivity contribution in [1.29, 1.82) is 0 Å². The first-order valence-electron chi connectivity index (χ1n) is 12.9. The molecule has 13 nitrogen and oxygen atoms in total. The SMILES string of the molecule is CC(C)CN1C2=NC(C)(C)CN2C(=O)C(N=O)=C1N.CC(C)CN1C2=NC(C)(C)CN2C(=O)c2nc[nH]c21. The van der Waals surface area contributed by atoms with Gasteiger partial charge in [0.05, 0.1) is 30.5 Å². The lowest BCUT2D eigenvalue weighted by Crippen LogP contribution is -2.53. The second-order valence-corrected chi connectivity index (χ2v) is 12.2. The van der Waals surface area contributed by atoms with Crippen molar-refractivity contribution in [1.82, 2.24) is 24.7 Å². The Kier molecular flexibility index (Phi) is 6.83. The van der Waals surface area contributed by atoms with Crippen LogP contribution in [0.2, 0.25) is 0 Å². The standard InChI is InChI=1S/C13H19N5O.C12H19N5O2/c1-8(2)5-17-10-9(14-7-15-10)11(19)18-6-13(3,4)16-12(17)18;1-7(2)5-16-9(13)8(15-19)10(18)17-6-12(3,4)14-11(16)17/h7-8H,5-6H2,1-4H3,(H,14,15);7H,5-6,13H2,1-4H3. The first kappa shape index (κ1) is 27.3. The molecule has 13 heteroatoms. The molecule has 0 saturated carbocycles. The molecule has 0 aliphatic carbocycles. The Morgan fingerprint density at radius 1 is 0.921 bits per heavy atom. The van der Waals surface area contributed by atoms with Crippen LogP contribution in [0.3, 0.4) is 0 Å². The second kappa shape index (κ2) is 9.52. The maximum Gasteiger partial charge on any atom is 0.286 e. The van der Waals surface area contributed by atoms with E-state index >= 15 is 0 Å². The van der Waals surface area contributed by atoms with E-state index in [0.717, 1.165) is 18.3 Å². The number of imidazole rings is 1. The molecular weight excluding hydrogens is 488 g/mol. The summed E-state index contributed by atoms with van der Waals surface area (Å²) < 4.78 is 0. The van der Waals surface area contributed by atoms with Crippen LogP contribution >= 0.6 is 0 Å². The topological polar surface area (TPSA) is 156 Å². The number of H-pyrrole nitrogens is 1. The molecule has 38 heavy (non-hydrogen) atoms. The minimum atomic E-state index is -0.461. The third kappa shape index (κ3) is 4.88. The minimum absolute atomic E-state index is 0.0550. The molecule has 0 fully saturated rings. The average Bonchev–Trinajstić information content (AvgIpc) is 3.49. The summed E-state index contributed by atoms with van der Waals surface area (Å²) in [5, 5.41) is 2.79. The summed E-state index contributed by atoms with van der Waals surface area (Å²) >= 11 is 0. The molecule has 0 radical (unpaired) electrons. The number of aromatic amines is 1. The predicted molar refractivity (Wildman–Crippen MR) is 145 cm³/mol. The molecule has 2 amide bonds. The average molecular weight is 527 g/mol. The number of anilines is 1. The fourth-order valence-corrected chi connectivity index (χ4v) is 4.91. The van der Waals surface area contributed by atoms with Gasteiger partial charge in [-0.2, -0.15) is 0 Å². The summed E-state index contributed by atoms with van der Waals surface area (Å²) in [5.41, 5.74) is 5.56. The number of aromatic nitrogens is 2. The number of nitroso groups, excluding NO2 is 1. The maximum absolute atomic E-state index is 12.4. The molecule has 0 spiro atoms. The van der Waals surface area contributed by atoms with Gasteiger partial charge < -0.3 is 10.7 Å². The first-order valence-corrected chi connectivity index (χ1v) is 12.9. The van der Waals surface area contributed by atoms with Gasteiger partial charge in [-0.15, -0.1) is 4.91 Å². The zero-order chi connectivity index (χ0) is 28.2. The van der Waals surface area contributed by atoms with Gasteiger partial charge in [-0.05, 0) is 44.7 Å². The third-order valence-electron chi connectivity index (χ3n) is 6.37. The number of carbonyl (C=O) groups is 2. The smallest absolute Gasteiger partial charge is 0.286 e. The fourth-order valence-electron chi connectivity index (χ4n) is 4.91.